The van der Waals surface area contributed by atoms with Crippen molar-refractivity contribution in [2.45, 2.75) is 25.2 Å². The molecule has 0 bridgehead atoms. The van der Waals surface area contributed by atoms with Gasteiger partial charge in [-0.05, 0) is 36.3 Å². The lowest BCUT2D eigenvalue weighted by Crippen LogP contribution is -1.90. The Labute approximate surface area is 109 Å². The van der Waals surface area contributed by atoms with Crippen molar-refractivity contribution in [3.8, 4) is 0 Å². The van der Waals surface area contributed by atoms with Gasteiger partial charge in [-0.2, -0.15) is 0 Å². The Balaban J connectivity index is 1.74. The first-order valence-corrected chi connectivity index (χ1v) is 6.71. The molecule has 1 saturated carbocycles. The van der Waals surface area contributed by atoms with E-state index >= 15 is 0 Å². The van der Waals surface area contributed by atoms with Crippen molar-refractivity contribution in [1.82, 2.24) is 0 Å². The number of allylic oxidation sites excluding steroid dienone is 1. The summed E-state index contributed by atoms with van der Waals surface area (Å²) in [7, 11) is 0. The maximum atomic E-state index is 2.36. The van der Waals surface area contributed by atoms with Crippen LogP contribution in [-0.4, -0.2) is 0 Å². The lowest BCUT2D eigenvalue weighted by atomic mass is 9.97. The van der Waals surface area contributed by atoms with Gasteiger partial charge in [-0.1, -0.05) is 72.3 Å². The van der Waals surface area contributed by atoms with Gasteiger partial charge in [0.25, 0.3) is 0 Å². The Bertz CT molecular complexity index is 522. The molecule has 0 spiro atoms. The van der Waals surface area contributed by atoms with Crippen LogP contribution < -0.4 is 0 Å². The van der Waals surface area contributed by atoms with Gasteiger partial charge in [0.2, 0.25) is 0 Å². The molecule has 0 saturated heterocycles. The Morgan fingerprint density at radius 3 is 2.22 bits per heavy atom. The second-order valence-electron chi connectivity index (χ2n) is 5.06. The summed E-state index contributed by atoms with van der Waals surface area (Å²) in [6.45, 7) is 0. The maximum absolute atomic E-state index is 2.36. The summed E-state index contributed by atoms with van der Waals surface area (Å²) in [6.07, 6.45) is 6.12. The summed E-state index contributed by atoms with van der Waals surface area (Å²) in [4.78, 5) is 0. The Kier molecular flexibility index (Phi) is 3.27. The van der Waals surface area contributed by atoms with Gasteiger partial charge in [0.05, 0.1) is 0 Å². The van der Waals surface area contributed by atoms with Gasteiger partial charge in [0, 0.05) is 0 Å². The third kappa shape index (κ3) is 2.53. The van der Waals surface area contributed by atoms with Crippen molar-refractivity contribution in [2.24, 2.45) is 0 Å². The van der Waals surface area contributed by atoms with E-state index < -0.39 is 0 Å². The topological polar surface area (TPSA) is 0 Å². The molecule has 0 nitrogen and oxygen atoms in total. The fourth-order valence-corrected chi connectivity index (χ4v) is 2.81. The first-order chi connectivity index (χ1) is 8.92. The molecule has 0 radical (unpaired) electrons. The first-order valence-electron chi connectivity index (χ1n) is 6.71. The van der Waals surface area contributed by atoms with Crippen molar-refractivity contribution in [3.63, 3.8) is 0 Å². The van der Waals surface area contributed by atoms with Crippen molar-refractivity contribution < 1.29 is 0 Å². The maximum Gasteiger partial charge on any atom is -0.0122 e. The number of hydrogen-bond donors (Lipinski definition) is 0. The summed E-state index contributed by atoms with van der Waals surface area (Å²) in [5, 5.41) is 0. The molecular formula is C18H18. The van der Waals surface area contributed by atoms with E-state index in [2.05, 4.69) is 66.7 Å². The van der Waals surface area contributed by atoms with Crippen LogP contribution in [0.5, 0.6) is 0 Å². The molecule has 1 fully saturated rings. The van der Waals surface area contributed by atoms with Gasteiger partial charge < -0.3 is 0 Å². The molecule has 18 heavy (non-hydrogen) atoms. The zero-order valence-electron chi connectivity index (χ0n) is 10.5. The van der Waals surface area contributed by atoms with E-state index in [1.807, 2.05) is 0 Å². The van der Waals surface area contributed by atoms with Crippen LogP contribution in [0.1, 0.15) is 36.3 Å². The van der Waals surface area contributed by atoms with E-state index in [0.29, 0.717) is 0 Å². The molecule has 0 N–H and O–H groups in total. The fraction of sp³-hybridized carbons (Fsp3) is 0.222. The minimum atomic E-state index is 0.723. The molecule has 0 heteroatoms. The first kappa shape index (κ1) is 11.3. The van der Waals surface area contributed by atoms with E-state index in [4.69, 9.17) is 0 Å². The molecule has 0 aromatic heterocycles. The molecule has 2 aromatic rings. The van der Waals surface area contributed by atoms with Gasteiger partial charge in [0.1, 0.15) is 0 Å². The molecule has 0 amide bonds. The summed E-state index contributed by atoms with van der Waals surface area (Å²) in [5.41, 5.74) is 4.42. The van der Waals surface area contributed by atoms with Gasteiger partial charge in [-0.15, -0.1) is 0 Å². The smallest absolute Gasteiger partial charge is 0.0122 e. The molecular weight excluding hydrogens is 216 g/mol. The normalized spacial score (nSPS) is 21.3. The van der Waals surface area contributed by atoms with Gasteiger partial charge in [0.15, 0.2) is 0 Å². The van der Waals surface area contributed by atoms with Gasteiger partial charge in [-0.25, -0.2) is 0 Å². The lowest BCUT2D eigenvalue weighted by Gasteiger charge is -2.08. The minimum absolute atomic E-state index is 0.723. The summed E-state index contributed by atoms with van der Waals surface area (Å²) >= 11 is 0. The Morgan fingerprint density at radius 2 is 1.50 bits per heavy atom. The number of hydrogen-bond acceptors (Lipinski definition) is 0. The average molecular weight is 234 g/mol. The van der Waals surface area contributed by atoms with Crippen LogP contribution in [0.15, 0.2) is 66.2 Å². The minimum Gasteiger partial charge on any atom is -0.0690 e. The summed E-state index contributed by atoms with van der Waals surface area (Å²) < 4.78 is 0. The molecule has 1 atom stereocenters. The number of benzene rings is 2. The highest BCUT2D eigenvalue weighted by Gasteiger charge is 2.20. The summed E-state index contributed by atoms with van der Waals surface area (Å²) in [6, 6.07) is 21.6. The second-order valence-corrected chi connectivity index (χ2v) is 5.06. The van der Waals surface area contributed by atoms with Crippen molar-refractivity contribution in [1.29, 1.82) is 0 Å². The molecule has 1 unspecified atom stereocenters. The van der Waals surface area contributed by atoms with Crippen molar-refractivity contribution >= 4 is 6.08 Å². The highest BCUT2D eigenvalue weighted by atomic mass is 14.2. The second kappa shape index (κ2) is 5.22. The predicted octanol–water partition coefficient (Wildman–Crippen LogP) is 5.04. The van der Waals surface area contributed by atoms with Crippen LogP contribution >= 0.6 is 0 Å². The van der Waals surface area contributed by atoms with Crippen LogP contribution in [0.4, 0.5) is 0 Å². The summed E-state index contributed by atoms with van der Waals surface area (Å²) in [5.74, 6) is 0.723. The molecule has 1 aliphatic carbocycles. The van der Waals surface area contributed by atoms with E-state index in [-0.39, 0.29) is 0 Å². The zero-order valence-corrected chi connectivity index (χ0v) is 10.5. The molecule has 90 valence electrons. The molecule has 2 aromatic carbocycles. The van der Waals surface area contributed by atoms with Crippen molar-refractivity contribution in [3.05, 3.63) is 77.4 Å². The van der Waals surface area contributed by atoms with Crippen LogP contribution in [-0.2, 0) is 0 Å². The van der Waals surface area contributed by atoms with Crippen LogP contribution in [0.3, 0.4) is 0 Å². The third-order valence-electron chi connectivity index (χ3n) is 3.76. The zero-order chi connectivity index (χ0) is 12.2. The molecule has 1 aliphatic rings. The quantitative estimate of drug-likeness (QED) is 0.683. The highest BCUT2D eigenvalue weighted by molar-refractivity contribution is 5.53. The lowest BCUT2D eigenvalue weighted by molar-refractivity contribution is 0.730. The van der Waals surface area contributed by atoms with E-state index in [0.717, 1.165) is 5.92 Å². The van der Waals surface area contributed by atoms with Crippen LogP contribution in [0.2, 0.25) is 0 Å². The van der Waals surface area contributed by atoms with E-state index in [9.17, 15) is 0 Å². The molecule has 3 rings (SSSR count). The van der Waals surface area contributed by atoms with Crippen molar-refractivity contribution in [2.75, 3.05) is 0 Å². The monoisotopic (exact) mass is 234 g/mol. The average Bonchev–Trinajstić information content (AvgIpc) is 2.89. The molecule has 0 heterocycles. The fourth-order valence-electron chi connectivity index (χ4n) is 2.81. The predicted molar refractivity (Wildman–Crippen MR) is 77.5 cm³/mol. The standard InChI is InChI=1S/C18H18/c1-3-7-15(8-4-1)13-16-11-12-18(14-16)17-9-5-2-6-10-17/h1-10,13,18H,11-12,14H2/b16-13-. The molecule has 0 aliphatic heterocycles. The number of rotatable bonds is 2. The van der Waals surface area contributed by atoms with Crippen LogP contribution in [0, 0.1) is 0 Å². The Hall–Kier alpha value is -1.82. The van der Waals surface area contributed by atoms with E-state index in [1.54, 1.807) is 5.57 Å². The van der Waals surface area contributed by atoms with Gasteiger partial charge in [-0.3, -0.25) is 0 Å². The van der Waals surface area contributed by atoms with Gasteiger partial charge >= 0.3 is 0 Å². The van der Waals surface area contributed by atoms with E-state index in [1.165, 1.54) is 30.4 Å². The Morgan fingerprint density at radius 1 is 0.833 bits per heavy atom. The highest BCUT2D eigenvalue weighted by Crippen LogP contribution is 2.38. The van der Waals surface area contributed by atoms with Crippen LogP contribution in [0.25, 0.3) is 6.08 Å². The third-order valence-corrected chi connectivity index (χ3v) is 3.76. The SMILES string of the molecule is C(=C1\CCC(c2ccccc2)C1)/c1ccccc1. The largest absolute Gasteiger partial charge is 0.0690 e.